The SMILES string of the molecule is N#Cc1ccc2nccc(Nc3ccc(C(=O)Nc4ccc(Nc5ccnc(N)c5)cc4)cc3)c2c1. The number of fused-ring (bicyclic) bond motifs is 1. The average Bonchev–Trinajstić information content (AvgIpc) is 2.90. The van der Waals surface area contributed by atoms with Crippen molar-refractivity contribution in [2.45, 2.75) is 0 Å². The molecular weight excluding hydrogens is 450 g/mol. The van der Waals surface area contributed by atoms with Crippen molar-refractivity contribution in [3.8, 4) is 6.07 Å². The first kappa shape index (κ1) is 22.4. The lowest BCUT2D eigenvalue weighted by Gasteiger charge is -2.11. The van der Waals surface area contributed by atoms with Crippen LogP contribution in [0.5, 0.6) is 0 Å². The van der Waals surface area contributed by atoms with E-state index in [9.17, 15) is 10.1 Å². The van der Waals surface area contributed by atoms with E-state index in [1.807, 2.05) is 54.6 Å². The van der Waals surface area contributed by atoms with Crippen LogP contribution < -0.4 is 21.7 Å². The fourth-order valence-corrected chi connectivity index (χ4v) is 3.72. The molecule has 2 heterocycles. The Bertz CT molecular complexity index is 1590. The minimum atomic E-state index is -0.211. The molecule has 174 valence electrons. The second-order valence-electron chi connectivity index (χ2n) is 8.03. The predicted octanol–water partition coefficient (Wildman–Crippen LogP) is 5.82. The Morgan fingerprint density at radius 1 is 0.750 bits per heavy atom. The number of nitrogens with zero attached hydrogens (tertiary/aromatic N) is 3. The Balaban J connectivity index is 1.24. The maximum atomic E-state index is 12.7. The van der Waals surface area contributed by atoms with Crippen molar-refractivity contribution in [3.05, 3.63) is 108 Å². The molecule has 3 aromatic carbocycles. The number of nitriles is 1. The van der Waals surface area contributed by atoms with Gasteiger partial charge in [-0.25, -0.2) is 4.98 Å². The number of hydrogen-bond acceptors (Lipinski definition) is 7. The van der Waals surface area contributed by atoms with Gasteiger partial charge in [-0.2, -0.15) is 5.26 Å². The van der Waals surface area contributed by atoms with E-state index in [2.05, 4.69) is 32.0 Å². The first-order valence-corrected chi connectivity index (χ1v) is 11.1. The van der Waals surface area contributed by atoms with Crippen LogP contribution in [-0.4, -0.2) is 15.9 Å². The number of anilines is 6. The Kier molecular flexibility index (Phi) is 6.11. The maximum absolute atomic E-state index is 12.7. The molecule has 0 atom stereocenters. The highest BCUT2D eigenvalue weighted by atomic mass is 16.1. The molecule has 36 heavy (non-hydrogen) atoms. The van der Waals surface area contributed by atoms with Crippen molar-refractivity contribution in [1.29, 1.82) is 5.26 Å². The van der Waals surface area contributed by atoms with Gasteiger partial charge in [0.2, 0.25) is 0 Å². The van der Waals surface area contributed by atoms with E-state index in [1.165, 1.54) is 0 Å². The number of carbonyl (C=O) groups is 1. The highest BCUT2D eigenvalue weighted by Crippen LogP contribution is 2.26. The lowest BCUT2D eigenvalue weighted by molar-refractivity contribution is 0.102. The third-order valence-electron chi connectivity index (χ3n) is 5.51. The zero-order chi connectivity index (χ0) is 24.9. The molecule has 0 unspecified atom stereocenters. The van der Waals surface area contributed by atoms with Crippen LogP contribution in [0.2, 0.25) is 0 Å². The average molecular weight is 472 g/mol. The summed E-state index contributed by atoms with van der Waals surface area (Å²) in [5.41, 5.74) is 11.6. The Morgan fingerprint density at radius 3 is 2.19 bits per heavy atom. The van der Waals surface area contributed by atoms with E-state index in [0.717, 1.165) is 33.7 Å². The van der Waals surface area contributed by atoms with E-state index in [0.29, 0.717) is 22.6 Å². The molecule has 0 fully saturated rings. The monoisotopic (exact) mass is 471 g/mol. The number of aromatic nitrogens is 2. The molecule has 0 aliphatic heterocycles. The zero-order valence-electron chi connectivity index (χ0n) is 19.1. The number of nitrogens with two attached hydrogens (primary N) is 1. The number of amides is 1. The van der Waals surface area contributed by atoms with Crippen LogP contribution in [0, 0.1) is 11.3 Å². The number of nitrogens with one attached hydrogen (secondary N) is 3. The van der Waals surface area contributed by atoms with Crippen LogP contribution in [0.4, 0.5) is 34.3 Å². The smallest absolute Gasteiger partial charge is 0.255 e. The van der Waals surface area contributed by atoms with Crippen molar-refractivity contribution in [2.75, 3.05) is 21.7 Å². The van der Waals surface area contributed by atoms with Crippen LogP contribution in [0.1, 0.15) is 15.9 Å². The molecule has 0 aliphatic rings. The van der Waals surface area contributed by atoms with Crippen molar-refractivity contribution >= 4 is 51.1 Å². The number of carbonyl (C=O) groups excluding carboxylic acids is 1. The fourth-order valence-electron chi connectivity index (χ4n) is 3.72. The molecule has 1 amide bonds. The number of hydrogen-bond donors (Lipinski definition) is 4. The van der Waals surface area contributed by atoms with Gasteiger partial charge in [-0.15, -0.1) is 0 Å². The van der Waals surface area contributed by atoms with E-state index < -0.39 is 0 Å². The second kappa shape index (κ2) is 9.83. The molecule has 5 rings (SSSR count). The Hall–Kier alpha value is -5.42. The number of rotatable bonds is 6. The van der Waals surface area contributed by atoms with Crippen LogP contribution in [0.15, 0.2) is 97.3 Å². The lowest BCUT2D eigenvalue weighted by atomic mass is 10.1. The summed E-state index contributed by atoms with van der Waals surface area (Å²) in [5.74, 6) is 0.226. The highest BCUT2D eigenvalue weighted by Gasteiger charge is 2.08. The first-order chi connectivity index (χ1) is 17.6. The molecule has 0 saturated heterocycles. The minimum Gasteiger partial charge on any atom is -0.384 e. The summed E-state index contributed by atoms with van der Waals surface area (Å²) in [6.45, 7) is 0. The van der Waals surface area contributed by atoms with E-state index >= 15 is 0 Å². The molecule has 0 spiro atoms. The summed E-state index contributed by atoms with van der Waals surface area (Å²) in [6.07, 6.45) is 3.35. The van der Waals surface area contributed by atoms with Crippen LogP contribution in [0.25, 0.3) is 10.9 Å². The minimum absolute atomic E-state index is 0.211. The largest absolute Gasteiger partial charge is 0.384 e. The van der Waals surface area contributed by atoms with Crippen LogP contribution >= 0.6 is 0 Å². The summed E-state index contributed by atoms with van der Waals surface area (Å²) < 4.78 is 0. The fraction of sp³-hybridized carbons (Fsp3) is 0. The zero-order valence-corrected chi connectivity index (χ0v) is 19.1. The van der Waals surface area contributed by atoms with E-state index in [1.54, 1.807) is 42.7 Å². The summed E-state index contributed by atoms with van der Waals surface area (Å²) in [7, 11) is 0. The molecular formula is C28H21N7O. The van der Waals surface area contributed by atoms with Crippen LogP contribution in [0.3, 0.4) is 0 Å². The summed E-state index contributed by atoms with van der Waals surface area (Å²) in [4.78, 5) is 21.1. The van der Waals surface area contributed by atoms with Gasteiger partial charge in [0.25, 0.3) is 5.91 Å². The highest BCUT2D eigenvalue weighted by molar-refractivity contribution is 6.04. The molecule has 8 heteroatoms. The molecule has 0 radical (unpaired) electrons. The molecule has 8 nitrogen and oxygen atoms in total. The summed E-state index contributed by atoms with van der Waals surface area (Å²) in [6, 6.07) is 27.5. The molecule has 5 aromatic rings. The molecule has 0 bridgehead atoms. The molecule has 5 N–H and O–H groups in total. The van der Waals surface area contributed by atoms with Gasteiger partial charge in [-0.1, -0.05) is 0 Å². The van der Waals surface area contributed by atoms with Gasteiger partial charge in [-0.05, 0) is 78.9 Å². The third kappa shape index (κ3) is 5.05. The Morgan fingerprint density at radius 2 is 1.44 bits per heavy atom. The van der Waals surface area contributed by atoms with Gasteiger partial charge in [-0.3, -0.25) is 9.78 Å². The van der Waals surface area contributed by atoms with Crippen molar-refractivity contribution in [3.63, 3.8) is 0 Å². The standard InChI is InChI=1S/C28H21N7O/c29-17-18-1-10-25-24(15-18)26(12-14-31-25)34-21-4-2-19(3-5-21)28(36)35-22-8-6-20(7-9-22)33-23-11-13-32-27(30)16-23/h1-16H,(H,31,34)(H,35,36)(H3,30,32,33). The van der Waals surface area contributed by atoms with Gasteiger partial charge < -0.3 is 21.7 Å². The van der Waals surface area contributed by atoms with E-state index in [4.69, 9.17) is 5.73 Å². The van der Waals surface area contributed by atoms with Crippen molar-refractivity contribution in [2.24, 2.45) is 0 Å². The van der Waals surface area contributed by atoms with Crippen molar-refractivity contribution < 1.29 is 4.79 Å². The summed E-state index contributed by atoms with van der Waals surface area (Å²) >= 11 is 0. The van der Waals surface area contributed by atoms with E-state index in [-0.39, 0.29) is 5.91 Å². The number of pyridine rings is 2. The quantitative estimate of drug-likeness (QED) is 0.245. The third-order valence-corrected chi connectivity index (χ3v) is 5.51. The second-order valence-corrected chi connectivity index (χ2v) is 8.03. The predicted molar refractivity (Wildman–Crippen MR) is 143 cm³/mol. The van der Waals surface area contributed by atoms with Crippen LogP contribution in [-0.2, 0) is 0 Å². The summed E-state index contributed by atoms with van der Waals surface area (Å²) in [5, 5.41) is 19.6. The molecule has 2 aromatic heterocycles. The lowest BCUT2D eigenvalue weighted by Crippen LogP contribution is -2.11. The van der Waals surface area contributed by atoms with Gasteiger partial charge in [0.1, 0.15) is 5.82 Å². The Labute approximate surface area is 207 Å². The molecule has 0 saturated carbocycles. The topological polar surface area (TPSA) is 129 Å². The normalized spacial score (nSPS) is 10.4. The van der Waals surface area contributed by atoms with Gasteiger partial charge >= 0.3 is 0 Å². The number of benzene rings is 3. The van der Waals surface area contributed by atoms with Crippen molar-refractivity contribution in [1.82, 2.24) is 9.97 Å². The maximum Gasteiger partial charge on any atom is 0.255 e. The molecule has 0 aliphatic carbocycles. The number of nitrogen functional groups attached to an aromatic ring is 1. The van der Waals surface area contributed by atoms with Gasteiger partial charge in [0.15, 0.2) is 0 Å². The van der Waals surface area contributed by atoms with Gasteiger partial charge in [0, 0.05) is 57.8 Å². The van der Waals surface area contributed by atoms with Gasteiger partial charge in [0.05, 0.1) is 17.1 Å². The first-order valence-electron chi connectivity index (χ1n) is 11.1.